The molecule has 2 aromatic rings. The van der Waals surface area contributed by atoms with Crippen molar-refractivity contribution in [3.8, 4) is 11.8 Å². The molecule has 22 heavy (non-hydrogen) atoms. The van der Waals surface area contributed by atoms with Crippen LogP contribution in [0.4, 0.5) is 10.2 Å². The van der Waals surface area contributed by atoms with E-state index in [0.717, 1.165) is 5.82 Å². The number of fused-ring (bicyclic) bond motifs is 3. The van der Waals surface area contributed by atoms with E-state index in [1.54, 1.807) is 22.8 Å². The highest BCUT2D eigenvalue weighted by atomic mass is 19.1. The van der Waals surface area contributed by atoms with Crippen molar-refractivity contribution in [1.29, 1.82) is 0 Å². The maximum Gasteiger partial charge on any atom is 0.350 e. The van der Waals surface area contributed by atoms with Crippen molar-refractivity contribution in [2.24, 2.45) is 0 Å². The summed E-state index contributed by atoms with van der Waals surface area (Å²) >= 11 is 0. The molecule has 0 unspecified atom stereocenters. The van der Waals surface area contributed by atoms with Gasteiger partial charge in [-0.1, -0.05) is 12.0 Å². The Labute approximate surface area is 126 Å². The van der Waals surface area contributed by atoms with Crippen LogP contribution in [0.15, 0.2) is 35.1 Å². The lowest BCUT2D eigenvalue weighted by molar-refractivity contribution is 0.189. The van der Waals surface area contributed by atoms with Crippen molar-refractivity contribution < 1.29 is 9.13 Å². The van der Waals surface area contributed by atoms with Crippen LogP contribution in [0.3, 0.4) is 0 Å². The molecule has 0 aliphatic carbocycles. The zero-order valence-corrected chi connectivity index (χ0v) is 11.6. The van der Waals surface area contributed by atoms with Gasteiger partial charge in [-0.25, -0.2) is 9.18 Å². The van der Waals surface area contributed by atoms with Gasteiger partial charge < -0.3 is 9.64 Å². The highest BCUT2D eigenvalue weighted by Crippen LogP contribution is 2.27. The van der Waals surface area contributed by atoms with E-state index in [4.69, 9.17) is 4.74 Å². The summed E-state index contributed by atoms with van der Waals surface area (Å²) in [5, 5.41) is 0. The minimum absolute atomic E-state index is 0.195. The van der Waals surface area contributed by atoms with E-state index in [0.29, 0.717) is 31.1 Å². The lowest BCUT2D eigenvalue weighted by atomic mass is 10.2. The topological polar surface area (TPSA) is 47.4 Å². The van der Waals surface area contributed by atoms with Crippen LogP contribution < -0.4 is 10.6 Å². The second kappa shape index (κ2) is 4.97. The molecule has 1 aromatic carbocycles. The fourth-order valence-corrected chi connectivity index (χ4v) is 2.77. The van der Waals surface area contributed by atoms with Crippen LogP contribution in [0.5, 0.6) is 0 Å². The quantitative estimate of drug-likeness (QED) is 0.680. The number of anilines is 1. The third kappa shape index (κ3) is 2.16. The summed E-state index contributed by atoms with van der Waals surface area (Å²) in [6.07, 6.45) is 0. The van der Waals surface area contributed by atoms with Crippen molar-refractivity contribution in [2.75, 3.05) is 18.2 Å². The molecule has 0 amide bonds. The maximum absolute atomic E-state index is 13.1. The summed E-state index contributed by atoms with van der Waals surface area (Å²) in [5.41, 5.74) is 0.619. The molecule has 2 aliphatic rings. The zero-order valence-electron chi connectivity index (χ0n) is 11.6. The molecule has 1 aromatic heterocycles. The first kappa shape index (κ1) is 13.0. The Kier molecular flexibility index (Phi) is 2.94. The zero-order chi connectivity index (χ0) is 15.1. The van der Waals surface area contributed by atoms with Crippen LogP contribution in [-0.4, -0.2) is 28.9 Å². The first-order chi connectivity index (χ1) is 10.7. The molecule has 5 nitrogen and oxygen atoms in total. The second-order valence-corrected chi connectivity index (χ2v) is 5.28. The Morgan fingerprint density at radius 3 is 3.09 bits per heavy atom. The highest BCUT2D eigenvalue weighted by Gasteiger charge is 2.34. The third-order valence-electron chi connectivity index (χ3n) is 3.82. The van der Waals surface area contributed by atoms with E-state index in [-0.39, 0.29) is 17.5 Å². The van der Waals surface area contributed by atoms with Crippen molar-refractivity contribution >= 4 is 5.82 Å². The molecule has 1 fully saturated rings. The smallest absolute Gasteiger partial charge is 0.350 e. The average Bonchev–Trinajstić information content (AvgIpc) is 3.07. The molecule has 3 heterocycles. The van der Waals surface area contributed by atoms with Crippen LogP contribution in [0.25, 0.3) is 0 Å². The molecule has 110 valence electrons. The molecule has 0 spiro atoms. The maximum atomic E-state index is 13.1. The number of rotatable bonds is 0. The predicted molar refractivity (Wildman–Crippen MR) is 78.0 cm³/mol. The van der Waals surface area contributed by atoms with Crippen molar-refractivity contribution in [2.45, 2.75) is 12.6 Å². The number of halogens is 1. The molecule has 0 radical (unpaired) electrons. The second-order valence-electron chi connectivity index (χ2n) is 5.28. The summed E-state index contributed by atoms with van der Waals surface area (Å²) in [5.74, 6) is 6.10. The van der Waals surface area contributed by atoms with Crippen molar-refractivity contribution in [3.63, 3.8) is 0 Å². The molecule has 0 bridgehead atoms. The number of nitrogens with zero attached hydrogens (tertiary/aromatic N) is 3. The van der Waals surface area contributed by atoms with Gasteiger partial charge in [0.1, 0.15) is 24.1 Å². The van der Waals surface area contributed by atoms with Crippen molar-refractivity contribution in [3.05, 3.63) is 57.9 Å². The SMILES string of the molecule is O=c1nc(C#Cc2cccc(F)c2)cc2n1C[C@H]1COCN21. The first-order valence-electron chi connectivity index (χ1n) is 6.94. The molecule has 4 rings (SSSR count). The fourth-order valence-electron chi connectivity index (χ4n) is 2.77. The lowest BCUT2D eigenvalue weighted by Gasteiger charge is -2.14. The molecule has 2 aliphatic heterocycles. The van der Waals surface area contributed by atoms with Crippen LogP contribution in [0, 0.1) is 17.7 Å². The molecule has 1 atom stereocenters. The van der Waals surface area contributed by atoms with Crippen molar-refractivity contribution in [1.82, 2.24) is 9.55 Å². The Morgan fingerprint density at radius 2 is 2.23 bits per heavy atom. The van der Waals surface area contributed by atoms with Gasteiger partial charge in [-0.2, -0.15) is 4.98 Å². The summed E-state index contributed by atoms with van der Waals surface area (Å²) in [6, 6.07) is 7.98. The summed E-state index contributed by atoms with van der Waals surface area (Å²) in [4.78, 5) is 18.1. The average molecular weight is 297 g/mol. The van der Waals surface area contributed by atoms with Gasteiger partial charge in [0.05, 0.1) is 19.2 Å². The van der Waals surface area contributed by atoms with Crippen LogP contribution >= 0.6 is 0 Å². The van der Waals surface area contributed by atoms with E-state index in [2.05, 4.69) is 16.8 Å². The van der Waals surface area contributed by atoms with Crippen LogP contribution in [-0.2, 0) is 11.3 Å². The largest absolute Gasteiger partial charge is 0.359 e. The molecular formula is C16H12FN3O2. The highest BCUT2D eigenvalue weighted by molar-refractivity contribution is 5.50. The number of benzene rings is 1. The molecule has 6 heteroatoms. The van der Waals surface area contributed by atoms with Gasteiger partial charge in [0.25, 0.3) is 0 Å². The summed E-state index contributed by atoms with van der Waals surface area (Å²) in [7, 11) is 0. The Morgan fingerprint density at radius 1 is 1.32 bits per heavy atom. The monoisotopic (exact) mass is 297 g/mol. The fraction of sp³-hybridized carbons (Fsp3) is 0.250. The molecule has 0 saturated carbocycles. The summed E-state index contributed by atoms with van der Waals surface area (Å²) in [6.45, 7) is 1.69. The predicted octanol–water partition coefficient (Wildman–Crippen LogP) is 0.959. The van der Waals surface area contributed by atoms with Gasteiger partial charge in [0.15, 0.2) is 0 Å². The lowest BCUT2D eigenvalue weighted by Crippen LogP contribution is -2.26. The summed E-state index contributed by atoms with van der Waals surface area (Å²) < 4.78 is 20.2. The number of ether oxygens (including phenoxy) is 1. The van der Waals surface area contributed by atoms with E-state index in [1.165, 1.54) is 12.1 Å². The molecular weight excluding hydrogens is 285 g/mol. The first-order valence-corrected chi connectivity index (χ1v) is 6.94. The van der Waals surface area contributed by atoms with Crippen LogP contribution in [0.2, 0.25) is 0 Å². The van der Waals surface area contributed by atoms with Crippen LogP contribution in [0.1, 0.15) is 11.3 Å². The van der Waals surface area contributed by atoms with Gasteiger partial charge >= 0.3 is 5.69 Å². The van der Waals surface area contributed by atoms with E-state index < -0.39 is 0 Å². The number of aromatic nitrogens is 2. The Hall–Kier alpha value is -2.65. The van der Waals surface area contributed by atoms with Gasteiger partial charge in [-0.05, 0) is 24.1 Å². The normalized spacial score (nSPS) is 18.6. The Balaban J connectivity index is 1.72. The van der Waals surface area contributed by atoms with Gasteiger partial charge in [-0.15, -0.1) is 0 Å². The minimum Gasteiger partial charge on any atom is -0.359 e. The minimum atomic E-state index is -0.342. The Bertz CT molecular complexity index is 866. The van der Waals surface area contributed by atoms with Gasteiger partial charge in [0, 0.05) is 11.6 Å². The molecule has 0 N–H and O–H groups in total. The van der Waals surface area contributed by atoms with Gasteiger partial charge in [-0.3, -0.25) is 4.57 Å². The number of hydrogen-bond acceptors (Lipinski definition) is 4. The van der Waals surface area contributed by atoms with E-state index in [1.807, 2.05) is 4.90 Å². The standard InChI is InChI=1S/C16H12FN3O2/c17-12-3-1-2-11(6-12)4-5-13-7-15-19(16(21)18-13)8-14-9-22-10-20(14)15/h1-3,6-7,14H,8-10H2/t14-/m0/s1. The van der Waals surface area contributed by atoms with Gasteiger partial charge in [0.2, 0.25) is 0 Å². The van der Waals surface area contributed by atoms with E-state index in [9.17, 15) is 9.18 Å². The molecule has 1 saturated heterocycles. The van der Waals surface area contributed by atoms with E-state index >= 15 is 0 Å². The number of hydrogen-bond donors (Lipinski definition) is 0. The third-order valence-corrected chi connectivity index (χ3v) is 3.82.